The van der Waals surface area contributed by atoms with E-state index in [1.165, 1.54) is 12.1 Å². The summed E-state index contributed by atoms with van der Waals surface area (Å²) >= 11 is 0. The van der Waals surface area contributed by atoms with E-state index in [0.29, 0.717) is 11.5 Å². The third-order valence-corrected chi connectivity index (χ3v) is 3.46. The van der Waals surface area contributed by atoms with Crippen molar-refractivity contribution in [1.82, 2.24) is 0 Å². The average Bonchev–Trinajstić information content (AvgIpc) is 2.71. The smallest absolute Gasteiger partial charge is 0.123 e. The van der Waals surface area contributed by atoms with Crippen LogP contribution in [0.4, 0.5) is 4.39 Å². The van der Waals surface area contributed by atoms with Gasteiger partial charge in [0.05, 0.1) is 0 Å². The maximum atomic E-state index is 12.6. The van der Waals surface area contributed by atoms with Crippen molar-refractivity contribution in [3.8, 4) is 22.6 Å². The first-order chi connectivity index (χ1) is 13.1. The number of rotatable bonds is 1. The molecule has 0 saturated carbocycles. The fraction of sp³-hybridized carbons (Fsp3) is 0. The molecule has 4 aromatic rings. The standard InChI is InChI=1S/C12H9F.2C6H6O/c13-12-8-6-11(7-9-12)10-4-2-1-3-5-10;2*7-6-4-2-1-3-5-6/h1-9H;2*1-5,7H. The minimum Gasteiger partial charge on any atom is -0.508 e. The molecular weight excluding hydrogens is 339 g/mol. The predicted octanol–water partition coefficient (Wildman–Crippen LogP) is 6.28. The molecule has 0 aliphatic carbocycles. The molecule has 0 fully saturated rings. The molecule has 0 unspecified atom stereocenters. The molecule has 0 heterocycles. The van der Waals surface area contributed by atoms with E-state index in [2.05, 4.69) is 0 Å². The summed E-state index contributed by atoms with van der Waals surface area (Å²) in [6.07, 6.45) is 0. The van der Waals surface area contributed by atoms with Crippen molar-refractivity contribution in [3.05, 3.63) is 121 Å². The molecule has 136 valence electrons. The molecule has 0 aliphatic heterocycles. The molecule has 0 amide bonds. The van der Waals surface area contributed by atoms with E-state index in [-0.39, 0.29) is 5.82 Å². The molecule has 2 N–H and O–H groups in total. The molecule has 27 heavy (non-hydrogen) atoms. The van der Waals surface area contributed by atoms with Gasteiger partial charge in [-0.25, -0.2) is 4.39 Å². The van der Waals surface area contributed by atoms with Crippen molar-refractivity contribution in [2.75, 3.05) is 0 Å². The number of phenolic OH excluding ortho intramolecular Hbond substituents is 2. The van der Waals surface area contributed by atoms with Crippen LogP contribution in [0, 0.1) is 5.82 Å². The number of hydrogen-bond donors (Lipinski definition) is 2. The topological polar surface area (TPSA) is 40.5 Å². The Bertz CT molecular complexity index is 840. The summed E-state index contributed by atoms with van der Waals surface area (Å²) in [4.78, 5) is 0. The lowest BCUT2D eigenvalue weighted by Crippen LogP contribution is -1.77. The van der Waals surface area contributed by atoms with Gasteiger partial charge in [-0.1, -0.05) is 78.9 Å². The highest BCUT2D eigenvalue weighted by molar-refractivity contribution is 5.62. The van der Waals surface area contributed by atoms with Crippen LogP contribution in [-0.2, 0) is 0 Å². The molecule has 0 atom stereocenters. The maximum absolute atomic E-state index is 12.6. The lowest BCUT2D eigenvalue weighted by molar-refractivity contribution is 0.475. The molecule has 0 aromatic heterocycles. The zero-order chi connectivity index (χ0) is 19.3. The van der Waals surface area contributed by atoms with Crippen molar-refractivity contribution < 1.29 is 14.6 Å². The average molecular weight is 360 g/mol. The van der Waals surface area contributed by atoms with Gasteiger partial charge in [-0.05, 0) is 47.5 Å². The van der Waals surface area contributed by atoms with E-state index in [4.69, 9.17) is 10.2 Å². The van der Waals surface area contributed by atoms with E-state index in [1.54, 1.807) is 60.7 Å². The second-order valence-electron chi connectivity index (χ2n) is 5.54. The monoisotopic (exact) mass is 360 g/mol. The Morgan fingerprint density at radius 1 is 0.407 bits per heavy atom. The van der Waals surface area contributed by atoms with E-state index in [1.807, 2.05) is 42.5 Å². The minimum atomic E-state index is -0.195. The van der Waals surface area contributed by atoms with Gasteiger partial charge in [0.25, 0.3) is 0 Å². The first kappa shape index (κ1) is 19.7. The highest BCUT2D eigenvalue weighted by atomic mass is 19.1. The largest absolute Gasteiger partial charge is 0.508 e. The van der Waals surface area contributed by atoms with Gasteiger partial charge >= 0.3 is 0 Å². The quantitative estimate of drug-likeness (QED) is 0.419. The summed E-state index contributed by atoms with van der Waals surface area (Å²) in [6.45, 7) is 0. The number of hydrogen-bond acceptors (Lipinski definition) is 2. The fourth-order valence-electron chi connectivity index (χ4n) is 2.13. The zero-order valence-corrected chi connectivity index (χ0v) is 14.7. The first-order valence-electron chi connectivity index (χ1n) is 8.44. The third-order valence-electron chi connectivity index (χ3n) is 3.46. The molecule has 4 aromatic carbocycles. The summed E-state index contributed by atoms with van der Waals surface area (Å²) in [6, 6.07) is 33.9. The molecule has 0 spiro atoms. The zero-order valence-electron chi connectivity index (χ0n) is 14.7. The van der Waals surface area contributed by atoms with Crippen LogP contribution in [0.3, 0.4) is 0 Å². The van der Waals surface area contributed by atoms with Crippen LogP contribution in [-0.4, -0.2) is 10.2 Å². The van der Waals surface area contributed by atoms with Crippen molar-refractivity contribution in [1.29, 1.82) is 0 Å². The third kappa shape index (κ3) is 7.88. The van der Waals surface area contributed by atoms with Crippen LogP contribution in [0.5, 0.6) is 11.5 Å². The summed E-state index contributed by atoms with van der Waals surface area (Å²) in [5.74, 6) is 0.449. The molecule has 0 radical (unpaired) electrons. The Kier molecular flexibility index (Phi) is 8.12. The normalized spacial score (nSPS) is 9.22. The second-order valence-corrected chi connectivity index (χ2v) is 5.54. The summed E-state index contributed by atoms with van der Waals surface area (Å²) < 4.78 is 12.6. The van der Waals surface area contributed by atoms with Crippen LogP contribution >= 0.6 is 0 Å². The Morgan fingerprint density at radius 3 is 1.07 bits per heavy atom. The van der Waals surface area contributed by atoms with Gasteiger partial charge in [0.1, 0.15) is 17.3 Å². The number of benzene rings is 4. The van der Waals surface area contributed by atoms with Gasteiger partial charge < -0.3 is 10.2 Å². The summed E-state index contributed by atoms with van der Waals surface area (Å²) in [5, 5.41) is 17.3. The van der Waals surface area contributed by atoms with E-state index >= 15 is 0 Å². The van der Waals surface area contributed by atoms with Crippen LogP contribution in [0.15, 0.2) is 115 Å². The molecule has 4 rings (SSSR count). The summed E-state index contributed by atoms with van der Waals surface area (Å²) in [7, 11) is 0. The first-order valence-corrected chi connectivity index (χ1v) is 8.44. The van der Waals surface area contributed by atoms with E-state index < -0.39 is 0 Å². The van der Waals surface area contributed by atoms with E-state index in [0.717, 1.165) is 11.1 Å². The van der Waals surface area contributed by atoms with Gasteiger partial charge in [0.15, 0.2) is 0 Å². The Morgan fingerprint density at radius 2 is 0.741 bits per heavy atom. The van der Waals surface area contributed by atoms with Crippen molar-refractivity contribution in [3.63, 3.8) is 0 Å². The Hall–Kier alpha value is -3.59. The fourth-order valence-corrected chi connectivity index (χ4v) is 2.13. The van der Waals surface area contributed by atoms with Gasteiger partial charge in [0.2, 0.25) is 0 Å². The van der Waals surface area contributed by atoms with Gasteiger partial charge in [-0.3, -0.25) is 0 Å². The minimum absolute atomic E-state index is 0.195. The molecular formula is C24H21FO2. The highest BCUT2D eigenvalue weighted by Gasteiger charge is 1.95. The highest BCUT2D eigenvalue weighted by Crippen LogP contribution is 2.18. The van der Waals surface area contributed by atoms with Gasteiger partial charge in [0, 0.05) is 0 Å². The lowest BCUT2D eigenvalue weighted by Gasteiger charge is -1.99. The van der Waals surface area contributed by atoms with Crippen molar-refractivity contribution in [2.24, 2.45) is 0 Å². The lowest BCUT2D eigenvalue weighted by atomic mass is 10.1. The van der Waals surface area contributed by atoms with Crippen LogP contribution in [0.25, 0.3) is 11.1 Å². The Labute approximate surface area is 158 Å². The molecule has 2 nitrogen and oxygen atoms in total. The number of halogens is 1. The van der Waals surface area contributed by atoms with Crippen LogP contribution in [0.1, 0.15) is 0 Å². The van der Waals surface area contributed by atoms with Crippen molar-refractivity contribution >= 4 is 0 Å². The van der Waals surface area contributed by atoms with Gasteiger partial charge in [-0.2, -0.15) is 0 Å². The number of phenols is 2. The second kappa shape index (κ2) is 11.1. The van der Waals surface area contributed by atoms with E-state index in [9.17, 15) is 4.39 Å². The van der Waals surface area contributed by atoms with Crippen LogP contribution in [0.2, 0.25) is 0 Å². The Balaban J connectivity index is 0.000000159. The predicted molar refractivity (Wildman–Crippen MR) is 108 cm³/mol. The molecule has 0 aliphatic rings. The van der Waals surface area contributed by atoms with Crippen molar-refractivity contribution in [2.45, 2.75) is 0 Å². The summed E-state index contributed by atoms with van der Waals surface area (Å²) in [5.41, 5.74) is 2.16. The number of para-hydroxylation sites is 2. The number of aromatic hydroxyl groups is 2. The SMILES string of the molecule is Fc1ccc(-c2ccccc2)cc1.Oc1ccccc1.Oc1ccccc1. The molecule has 0 bridgehead atoms. The molecule has 3 heteroatoms. The maximum Gasteiger partial charge on any atom is 0.123 e. The van der Waals surface area contributed by atoms with Crippen LogP contribution < -0.4 is 0 Å². The molecule has 0 saturated heterocycles. The van der Waals surface area contributed by atoms with Gasteiger partial charge in [-0.15, -0.1) is 0 Å².